The van der Waals surface area contributed by atoms with Crippen LogP contribution < -0.4 is 20.1 Å². The number of fused-ring (bicyclic) bond motifs is 1. The van der Waals surface area contributed by atoms with Crippen LogP contribution in [-0.4, -0.2) is 56.9 Å². The summed E-state index contributed by atoms with van der Waals surface area (Å²) in [6.45, 7) is 1.23. The van der Waals surface area contributed by atoms with E-state index in [1.807, 2.05) is 0 Å². The summed E-state index contributed by atoms with van der Waals surface area (Å²) >= 11 is 0. The molecule has 0 saturated carbocycles. The monoisotopic (exact) mass is 610 g/mol. The highest BCUT2D eigenvalue weighted by molar-refractivity contribution is 6.13. The first kappa shape index (κ1) is 29.0. The standard InChI is InChI=1S/C30H26F4N6O4/c1-16-9-26(44-30(34)7-3-2-5-24(30)31)36-14-22(16)40-29(35)18(13-37-40)28(42)20-10-17-11-23(43-15-25(32)33)21(12-19(17)38-20)39-8-4-6-27(39)41/h2-3,5,9-14,25,38H,4,6-8,15,35H2,1H3. The summed E-state index contributed by atoms with van der Waals surface area (Å²) in [6.07, 6.45) is 4.34. The molecule has 0 spiro atoms. The fourth-order valence-electron chi connectivity index (χ4n) is 5.17. The molecular weight excluding hydrogens is 584 g/mol. The molecule has 0 radical (unpaired) electrons. The molecule has 1 fully saturated rings. The number of nitrogens with two attached hydrogens (primary N) is 1. The average molecular weight is 611 g/mol. The van der Waals surface area contributed by atoms with E-state index in [0.717, 1.165) is 6.08 Å². The molecular formula is C30H26F4N6O4. The van der Waals surface area contributed by atoms with Crippen LogP contribution >= 0.6 is 0 Å². The minimum Gasteiger partial charge on any atom is -0.485 e. The number of nitrogens with zero attached hydrogens (tertiary/aromatic N) is 4. The quantitative estimate of drug-likeness (QED) is 0.189. The van der Waals surface area contributed by atoms with Gasteiger partial charge in [0, 0.05) is 36.4 Å². The van der Waals surface area contributed by atoms with Crippen LogP contribution in [-0.2, 0) is 4.79 Å². The van der Waals surface area contributed by atoms with Crippen LogP contribution in [0.5, 0.6) is 11.6 Å². The van der Waals surface area contributed by atoms with E-state index in [2.05, 4.69) is 15.1 Å². The molecule has 3 aromatic heterocycles. The Morgan fingerprint density at radius 3 is 2.73 bits per heavy atom. The van der Waals surface area contributed by atoms with Crippen LogP contribution in [0.15, 0.2) is 60.7 Å². The molecule has 6 rings (SSSR count). The van der Waals surface area contributed by atoms with Crippen molar-refractivity contribution in [1.82, 2.24) is 19.7 Å². The van der Waals surface area contributed by atoms with Crippen LogP contribution in [0, 0.1) is 6.92 Å². The van der Waals surface area contributed by atoms with Gasteiger partial charge in [-0.25, -0.2) is 22.8 Å². The Morgan fingerprint density at radius 2 is 2.02 bits per heavy atom. The van der Waals surface area contributed by atoms with E-state index >= 15 is 0 Å². The Hall–Kier alpha value is -5.14. The maximum absolute atomic E-state index is 14.9. The van der Waals surface area contributed by atoms with Gasteiger partial charge in [-0.05, 0) is 43.2 Å². The molecule has 228 valence electrons. The number of aryl methyl sites for hydroxylation is 1. The molecule has 1 atom stereocenters. The Morgan fingerprint density at radius 1 is 1.20 bits per heavy atom. The average Bonchev–Trinajstić information content (AvgIpc) is 3.70. The molecule has 14 heteroatoms. The number of pyridine rings is 1. The van der Waals surface area contributed by atoms with E-state index in [1.165, 1.54) is 52.3 Å². The summed E-state index contributed by atoms with van der Waals surface area (Å²) in [5.41, 5.74) is 8.22. The number of aromatic nitrogens is 4. The molecule has 4 aromatic rings. The number of ketones is 1. The predicted molar refractivity (Wildman–Crippen MR) is 153 cm³/mol. The smallest absolute Gasteiger partial charge is 0.304 e. The molecule has 3 N–H and O–H groups in total. The number of halogens is 4. The second kappa shape index (κ2) is 11.2. The van der Waals surface area contributed by atoms with Gasteiger partial charge in [-0.3, -0.25) is 9.59 Å². The number of ether oxygens (including phenoxy) is 2. The SMILES string of the molecule is Cc1cc(OC2(F)CC=CC=C2F)ncc1-n1ncc(C(=O)c2cc3cc(OCC(F)F)c(N4CCCC4=O)cc3[nH]2)c1N. The molecule has 1 saturated heterocycles. The highest BCUT2D eigenvalue weighted by Crippen LogP contribution is 2.37. The molecule has 1 amide bonds. The zero-order valence-corrected chi connectivity index (χ0v) is 23.3. The van der Waals surface area contributed by atoms with E-state index < -0.39 is 30.5 Å². The highest BCUT2D eigenvalue weighted by atomic mass is 19.3. The van der Waals surface area contributed by atoms with E-state index in [-0.39, 0.29) is 41.0 Å². The van der Waals surface area contributed by atoms with E-state index in [0.29, 0.717) is 47.2 Å². The Bertz CT molecular complexity index is 1850. The number of nitrogens with one attached hydrogen (secondary N) is 1. The van der Waals surface area contributed by atoms with Crippen LogP contribution in [0.1, 0.15) is 40.9 Å². The van der Waals surface area contributed by atoms with Crippen molar-refractivity contribution >= 4 is 34.1 Å². The van der Waals surface area contributed by atoms with Crippen molar-refractivity contribution in [2.45, 2.75) is 38.5 Å². The van der Waals surface area contributed by atoms with E-state index in [1.54, 1.807) is 13.0 Å². The highest BCUT2D eigenvalue weighted by Gasteiger charge is 2.38. The van der Waals surface area contributed by atoms with Gasteiger partial charge in [-0.2, -0.15) is 9.49 Å². The van der Waals surface area contributed by atoms with Crippen molar-refractivity contribution in [2.75, 3.05) is 23.8 Å². The van der Waals surface area contributed by atoms with Crippen molar-refractivity contribution in [3.05, 3.63) is 77.5 Å². The zero-order chi connectivity index (χ0) is 31.2. The first-order valence-corrected chi connectivity index (χ1v) is 13.7. The maximum atomic E-state index is 14.9. The lowest BCUT2D eigenvalue weighted by atomic mass is 10.1. The number of hydrogen-bond acceptors (Lipinski definition) is 7. The molecule has 4 heterocycles. The van der Waals surface area contributed by atoms with E-state index in [4.69, 9.17) is 15.2 Å². The van der Waals surface area contributed by atoms with Gasteiger partial charge < -0.3 is 25.1 Å². The van der Waals surface area contributed by atoms with Crippen molar-refractivity contribution in [1.29, 1.82) is 0 Å². The van der Waals surface area contributed by atoms with Crippen LogP contribution in [0.3, 0.4) is 0 Å². The number of anilines is 2. The summed E-state index contributed by atoms with van der Waals surface area (Å²) in [5.74, 6) is -4.46. The number of H-pyrrole nitrogens is 1. The molecule has 1 aromatic carbocycles. The van der Waals surface area contributed by atoms with Gasteiger partial charge in [0.1, 0.15) is 18.2 Å². The number of alkyl halides is 3. The van der Waals surface area contributed by atoms with Gasteiger partial charge in [0.2, 0.25) is 17.6 Å². The van der Waals surface area contributed by atoms with Gasteiger partial charge in [-0.15, -0.1) is 0 Å². The lowest BCUT2D eigenvalue weighted by Crippen LogP contribution is -2.32. The second-order valence-corrected chi connectivity index (χ2v) is 10.4. The van der Waals surface area contributed by atoms with Gasteiger partial charge in [0.05, 0.1) is 35.0 Å². The fourth-order valence-corrected chi connectivity index (χ4v) is 5.17. The van der Waals surface area contributed by atoms with Gasteiger partial charge in [-0.1, -0.05) is 12.2 Å². The van der Waals surface area contributed by atoms with Crippen molar-refractivity contribution in [2.24, 2.45) is 0 Å². The number of carbonyl (C=O) groups is 2. The summed E-state index contributed by atoms with van der Waals surface area (Å²) in [5, 5.41) is 4.74. The van der Waals surface area contributed by atoms with Crippen molar-refractivity contribution in [3.63, 3.8) is 0 Å². The number of hydrogen-bond donors (Lipinski definition) is 2. The molecule has 10 nitrogen and oxygen atoms in total. The first-order valence-electron chi connectivity index (χ1n) is 13.7. The van der Waals surface area contributed by atoms with Crippen LogP contribution in [0.25, 0.3) is 16.6 Å². The Labute approximate surface area is 247 Å². The number of nitrogen functional groups attached to an aromatic ring is 1. The van der Waals surface area contributed by atoms with Crippen molar-refractivity contribution in [3.8, 4) is 17.3 Å². The zero-order valence-electron chi connectivity index (χ0n) is 23.3. The topological polar surface area (TPSA) is 128 Å². The number of carbonyl (C=O) groups excluding carboxylic acids is 2. The predicted octanol–water partition coefficient (Wildman–Crippen LogP) is 5.50. The first-order chi connectivity index (χ1) is 21.0. The van der Waals surface area contributed by atoms with Gasteiger partial charge >= 0.3 is 5.85 Å². The lowest BCUT2D eigenvalue weighted by molar-refractivity contribution is -0.117. The molecule has 1 unspecified atom stereocenters. The van der Waals surface area contributed by atoms with Gasteiger partial charge in [0.25, 0.3) is 6.43 Å². The number of benzene rings is 1. The Kier molecular flexibility index (Phi) is 7.35. The third kappa shape index (κ3) is 5.27. The normalized spacial score (nSPS) is 18.4. The van der Waals surface area contributed by atoms with Crippen molar-refractivity contribution < 1.29 is 36.6 Å². The number of allylic oxidation sites excluding steroid dienone is 2. The van der Waals surface area contributed by atoms with Crippen LogP contribution in [0.4, 0.5) is 29.1 Å². The maximum Gasteiger partial charge on any atom is 0.304 e. The Balaban J connectivity index is 1.28. The van der Waals surface area contributed by atoms with Gasteiger partial charge in [0.15, 0.2) is 5.83 Å². The molecule has 1 aliphatic heterocycles. The number of aromatic amines is 1. The number of rotatable bonds is 9. The summed E-state index contributed by atoms with van der Waals surface area (Å²) in [7, 11) is 0. The molecule has 0 bridgehead atoms. The molecule has 2 aliphatic rings. The summed E-state index contributed by atoms with van der Waals surface area (Å²) in [4.78, 5) is 34.5. The minimum atomic E-state index is -2.71. The summed E-state index contributed by atoms with van der Waals surface area (Å²) in [6, 6.07) is 6.02. The number of amides is 1. The molecule has 44 heavy (non-hydrogen) atoms. The third-order valence-electron chi connectivity index (χ3n) is 7.39. The molecule has 1 aliphatic carbocycles. The lowest BCUT2D eigenvalue weighted by Gasteiger charge is -2.25. The second-order valence-electron chi connectivity index (χ2n) is 10.4. The largest absolute Gasteiger partial charge is 0.485 e. The van der Waals surface area contributed by atoms with E-state index in [9.17, 15) is 27.2 Å². The van der Waals surface area contributed by atoms with Crippen LogP contribution in [0.2, 0.25) is 0 Å². The third-order valence-corrected chi connectivity index (χ3v) is 7.39. The minimum absolute atomic E-state index is 0.00936. The summed E-state index contributed by atoms with van der Waals surface area (Å²) < 4.78 is 66.7. The fraction of sp³-hybridized carbons (Fsp3) is 0.267.